The van der Waals surface area contributed by atoms with Crippen molar-refractivity contribution in [1.82, 2.24) is 4.90 Å². The zero-order valence-corrected chi connectivity index (χ0v) is 21.7. The summed E-state index contributed by atoms with van der Waals surface area (Å²) in [5.74, 6) is 0.158. The van der Waals surface area contributed by atoms with Crippen LogP contribution in [0.5, 0.6) is 17.2 Å². The summed E-state index contributed by atoms with van der Waals surface area (Å²) in [5.41, 5.74) is 2.07. The van der Waals surface area contributed by atoms with E-state index >= 15 is 0 Å². The summed E-state index contributed by atoms with van der Waals surface area (Å²) in [7, 11) is 4.68. The molecule has 1 N–H and O–H groups in total. The van der Waals surface area contributed by atoms with Gasteiger partial charge in [-0.05, 0) is 53.9 Å². The molecule has 3 aromatic carbocycles. The van der Waals surface area contributed by atoms with Crippen LogP contribution in [0.3, 0.4) is 0 Å². The third kappa shape index (κ3) is 4.95. The molecule has 1 aliphatic rings. The van der Waals surface area contributed by atoms with E-state index in [1.165, 1.54) is 4.90 Å². The molecule has 4 rings (SSSR count). The Kier molecular flexibility index (Phi) is 7.64. The second-order valence-corrected chi connectivity index (χ2v) is 9.13. The summed E-state index contributed by atoms with van der Waals surface area (Å²) in [6.45, 7) is 0.249. The highest BCUT2D eigenvalue weighted by atomic mass is 79.9. The second-order valence-electron chi connectivity index (χ2n) is 8.22. The Bertz CT molecular complexity index is 1320. The molecule has 0 aromatic heterocycles. The van der Waals surface area contributed by atoms with Crippen LogP contribution in [0.25, 0.3) is 5.76 Å². The lowest BCUT2D eigenvalue weighted by atomic mass is 9.95. The van der Waals surface area contributed by atoms with Crippen LogP contribution in [0.2, 0.25) is 0 Å². The molecule has 1 aliphatic heterocycles. The molecule has 0 spiro atoms. The average molecular weight is 552 g/mol. The maximum Gasteiger partial charge on any atom is 0.295 e. The number of ether oxygens (including phenoxy) is 3. The monoisotopic (exact) mass is 551 g/mol. The number of Topliss-reactive ketones (excluding diaryl/α,β-unsaturated/α-hetero) is 1. The number of carbonyl (C=O) groups is 2. The van der Waals surface area contributed by atoms with Gasteiger partial charge in [0.25, 0.3) is 11.7 Å². The van der Waals surface area contributed by atoms with Gasteiger partial charge >= 0.3 is 0 Å². The quantitative estimate of drug-likeness (QED) is 0.237. The van der Waals surface area contributed by atoms with Crippen LogP contribution in [0.1, 0.15) is 22.7 Å². The molecule has 186 valence electrons. The number of nitrogens with zero attached hydrogens (tertiary/aromatic N) is 1. The number of hydrogen-bond acceptors (Lipinski definition) is 6. The molecule has 3 aromatic rings. The molecule has 1 heterocycles. The number of methoxy groups -OCH3 is 3. The SMILES string of the molecule is COc1cccc([C@H]2C(=C(O)c3ccc(Br)cc3)C(=O)C(=O)N2CCc2ccc(OC)c(OC)c2)c1. The molecule has 0 bridgehead atoms. The molecular weight excluding hydrogens is 526 g/mol. The van der Waals surface area contributed by atoms with Crippen LogP contribution in [0, 0.1) is 0 Å². The summed E-state index contributed by atoms with van der Waals surface area (Å²) in [6.07, 6.45) is 0.464. The highest BCUT2D eigenvalue weighted by Crippen LogP contribution is 2.40. The lowest BCUT2D eigenvalue weighted by molar-refractivity contribution is -0.139. The number of ketones is 1. The van der Waals surface area contributed by atoms with Crippen LogP contribution in [0.15, 0.2) is 76.8 Å². The number of amides is 1. The summed E-state index contributed by atoms with van der Waals surface area (Å²) in [5, 5.41) is 11.2. The van der Waals surface area contributed by atoms with Crippen molar-refractivity contribution in [1.29, 1.82) is 0 Å². The Balaban J connectivity index is 1.75. The van der Waals surface area contributed by atoms with Gasteiger partial charge in [-0.3, -0.25) is 9.59 Å². The highest BCUT2D eigenvalue weighted by molar-refractivity contribution is 9.10. The van der Waals surface area contributed by atoms with Gasteiger partial charge in [0.2, 0.25) is 0 Å². The minimum Gasteiger partial charge on any atom is -0.507 e. The fourth-order valence-corrected chi connectivity index (χ4v) is 4.58. The number of hydrogen-bond donors (Lipinski definition) is 1. The van der Waals surface area contributed by atoms with E-state index < -0.39 is 17.7 Å². The van der Waals surface area contributed by atoms with Crippen molar-refractivity contribution in [3.63, 3.8) is 0 Å². The lowest BCUT2D eigenvalue weighted by Crippen LogP contribution is -2.31. The van der Waals surface area contributed by atoms with Gasteiger partial charge < -0.3 is 24.2 Å². The van der Waals surface area contributed by atoms with Crippen LogP contribution >= 0.6 is 15.9 Å². The van der Waals surface area contributed by atoms with Crippen molar-refractivity contribution in [2.24, 2.45) is 0 Å². The van der Waals surface area contributed by atoms with Crippen molar-refractivity contribution in [2.75, 3.05) is 27.9 Å². The lowest BCUT2D eigenvalue weighted by Gasteiger charge is -2.26. The maximum atomic E-state index is 13.2. The summed E-state index contributed by atoms with van der Waals surface area (Å²) in [4.78, 5) is 28.0. The molecule has 1 amide bonds. The number of carbonyl (C=O) groups excluding carboxylic acids is 2. The van der Waals surface area contributed by atoms with Gasteiger partial charge in [-0.25, -0.2) is 0 Å². The third-order valence-corrected chi connectivity index (χ3v) is 6.69. The van der Waals surface area contributed by atoms with E-state index in [9.17, 15) is 14.7 Å². The first-order valence-corrected chi connectivity index (χ1v) is 12.1. The smallest absolute Gasteiger partial charge is 0.295 e. The van der Waals surface area contributed by atoms with E-state index in [0.717, 1.165) is 10.0 Å². The number of aliphatic hydroxyl groups excluding tert-OH is 1. The number of benzene rings is 3. The molecule has 8 heteroatoms. The number of aliphatic hydroxyl groups is 1. The van der Waals surface area contributed by atoms with E-state index in [0.29, 0.717) is 34.8 Å². The molecule has 1 saturated heterocycles. The fraction of sp³-hybridized carbons (Fsp3) is 0.214. The predicted octanol–water partition coefficient (Wildman–Crippen LogP) is 5.14. The molecule has 0 unspecified atom stereocenters. The average Bonchev–Trinajstić information content (AvgIpc) is 3.16. The molecule has 0 radical (unpaired) electrons. The van der Waals surface area contributed by atoms with Crippen LogP contribution < -0.4 is 14.2 Å². The number of rotatable bonds is 8. The largest absolute Gasteiger partial charge is 0.507 e. The van der Waals surface area contributed by atoms with Crippen LogP contribution in [-0.4, -0.2) is 49.6 Å². The van der Waals surface area contributed by atoms with E-state index in [2.05, 4.69) is 15.9 Å². The highest BCUT2D eigenvalue weighted by Gasteiger charge is 2.46. The summed E-state index contributed by atoms with van der Waals surface area (Å²) < 4.78 is 16.9. The Morgan fingerprint density at radius 3 is 2.31 bits per heavy atom. The van der Waals surface area contributed by atoms with Gasteiger partial charge in [-0.1, -0.05) is 46.3 Å². The van der Waals surface area contributed by atoms with Gasteiger partial charge in [0.1, 0.15) is 11.5 Å². The maximum absolute atomic E-state index is 13.2. The van der Waals surface area contributed by atoms with Crippen molar-refractivity contribution in [3.8, 4) is 17.2 Å². The molecule has 36 heavy (non-hydrogen) atoms. The molecule has 7 nitrogen and oxygen atoms in total. The normalized spacial score (nSPS) is 16.8. The van der Waals surface area contributed by atoms with E-state index in [1.54, 1.807) is 69.9 Å². The molecular formula is C28H26BrNO6. The van der Waals surface area contributed by atoms with Gasteiger partial charge in [0, 0.05) is 16.6 Å². The minimum absolute atomic E-state index is 0.0443. The Labute approximate surface area is 218 Å². The molecule has 1 atom stereocenters. The van der Waals surface area contributed by atoms with Gasteiger partial charge in [-0.15, -0.1) is 0 Å². The fourth-order valence-electron chi connectivity index (χ4n) is 4.32. The molecule has 0 aliphatic carbocycles. The predicted molar refractivity (Wildman–Crippen MR) is 139 cm³/mol. The number of likely N-dealkylation sites (tertiary alicyclic amines) is 1. The Hall–Kier alpha value is -3.78. The second kappa shape index (κ2) is 10.9. The minimum atomic E-state index is -0.774. The zero-order chi connectivity index (χ0) is 25.8. The van der Waals surface area contributed by atoms with Crippen molar-refractivity contribution in [3.05, 3.63) is 93.5 Å². The van der Waals surface area contributed by atoms with Gasteiger partial charge in [0.15, 0.2) is 11.5 Å². The Morgan fingerprint density at radius 1 is 0.917 bits per heavy atom. The first kappa shape index (κ1) is 25.3. The zero-order valence-electron chi connectivity index (χ0n) is 20.2. The summed E-state index contributed by atoms with van der Waals surface area (Å²) >= 11 is 3.38. The van der Waals surface area contributed by atoms with Crippen molar-refractivity contribution < 1.29 is 28.9 Å². The van der Waals surface area contributed by atoms with E-state index in [4.69, 9.17) is 14.2 Å². The van der Waals surface area contributed by atoms with Crippen molar-refractivity contribution >= 4 is 33.4 Å². The standard InChI is InChI=1S/C28H26BrNO6/c1-34-21-6-4-5-19(16-21)25-24(26(31)18-8-10-20(29)11-9-18)27(32)28(33)30(25)14-13-17-7-12-22(35-2)23(15-17)36-3/h4-12,15-16,25,31H,13-14H2,1-3H3/t25-/m0/s1. The third-order valence-electron chi connectivity index (χ3n) is 6.16. The van der Waals surface area contributed by atoms with E-state index in [-0.39, 0.29) is 17.9 Å². The first-order valence-electron chi connectivity index (χ1n) is 11.3. The van der Waals surface area contributed by atoms with Crippen LogP contribution in [0.4, 0.5) is 0 Å². The number of halogens is 1. The Morgan fingerprint density at radius 2 is 1.64 bits per heavy atom. The first-order chi connectivity index (χ1) is 17.4. The molecule has 1 fully saturated rings. The topological polar surface area (TPSA) is 85.3 Å². The summed E-state index contributed by atoms with van der Waals surface area (Å²) in [6, 6.07) is 18.9. The van der Waals surface area contributed by atoms with Crippen molar-refractivity contribution in [2.45, 2.75) is 12.5 Å². The molecule has 0 saturated carbocycles. The van der Waals surface area contributed by atoms with Crippen LogP contribution in [-0.2, 0) is 16.0 Å². The van der Waals surface area contributed by atoms with Gasteiger partial charge in [-0.2, -0.15) is 0 Å². The van der Waals surface area contributed by atoms with E-state index in [1.807, 2.05) is 18.2 Å². The van der Waals surface area contributed by atoms with Gasteiger partial charge in [0.05, 0.1) is 32.9 Å².